The summed E-state index contributed by atoms with van der Waals surface area (Å²) in [6.07, 6.45) is 0. The quantitative estimate of drug-likeness (QED) is 0.489. The van der Waals surface area contributed by atoms with Crippen LogP contribution in [0.2, 0.25) is 5.02 Å². The second-order valence-electron chi connectivity index (χ2n) is 3.71. The van der Waals surface area contributed by atoms with Gasteiger partial charge >= 0.3 is 5.63 Å². The summed E-state index contributed by atoms with van der Waals surface area (Å²) in [5, 5.41) is 11.5. The lowest BCUT2D eigenvalue weighted by molar-refractivity contribution is 0.473. The van der Waals surface area contributed by atoms with Crippen LogP contribution in [0.3, 0.4) is 0 Å². The maximum absolute atomic E-state index is 11.7. The number of rotatable bonds is 0. The SMILES string of the molecule is O=c1oc2c(Cl)c(O)ccc2c2ccccc12. The summed E-state index contributed by atoms with van der Waals surface area (Å²) < 4.78 is 5.14. The predicted molar refractivity (Wildman–Crippen MR) is 66.7 cm³/mol. The minimum absolute atomic E-state index is 0.0605. The van der Waals surface area contributed by atoms with E-state index in [1.165, 1.54) is 6.07 Å². The summed E-state index contributed by atoms with van der Waals surface area (Å²) in [6, 6.07) is 10.3. The van der Waals surface area contributed by atoms with Crippen LogP contribution >= 0.6 is 11.6 Å². The lowest BCUT2D eigenvalue weighted by atomic mass is 10.1. The molecule has 0 aliphatic carbocycles. The number of hydrogen-bond donors (Lipinski definition) is 1. The highest BCUT2D eigenvalue weighted by Crippen LogP contribution is 2.33. The fourth-order valence-corrected chi connectivity index (χ4v) is 2.10. The predicted octanol–water partition coefficient (Wildman–Crippen LogP) is 3.31. The van der Waals surface area contributed by atoms with E-state index in [2.05, 4.69) is 0 Å². The molecule has 0 amide bonds. The van der Waals surface area contributed by atoms with E-state index in [9.17, 15) is 9.90 Å². The van der Waals surface area contributed by atoms with Crippen molar-refractivity contribution in [3.8, 4) is 5.75 Å². The summed E-state index contributed by atoms with van der Waals surface area (Å²) in [5.74, 6) is -0.0994. The lowest BCUT2D eigenvalue weighted by Gasteiger charge is -2.04. The second-order valence-corrected chi connectivity index (χ2v) is 4.09. The normalized spacial score (nSPS) is 11.1. The van der Waals surface area contributed by atoms with Gasteiger partial charge in [-0.05, 0) is 23.6 Å². The summed E-state index contributed by atoms with van der Waals surface area (Å²) in [4.78, 5) is 11.7. The highest BCUT2D eigenvalue weighted by molar-refractivity contribution is 6.37. The van der Waals surface area contributed by atoms with E-state index in [1.807, 2.05) is 12.1 Å². The van der Waals surface area contributed by atoms with E-state index in [0.717, 1.165) is 5.39 Å². The molecule has 4 heteroatoms. The van der Waals surface area contributed by atoms with Crippen molar-refractivity contribution < 1.29 is 9.52 Å². The van der Waals surface area contributed by atoms with Crippen LogP contribution in [0.25, 0.3) is 21.7 Å². The number of hydrogen-bond acceptors (Lipinski definition) is 3. The zero-order chi connectivity index (χ0) is 12.0. The van der Waals surface area contributed by atoms with Crippen molar-refractivity contribution in [2.75, 3.05) is 0 Å². The van der Waals surface area contributed by atoms with Crippen LogP contribution in [0.4, 0.5) is 0 Å². The van der Waals surface area contributed by atoms with E-state index in [1.54, 1.807) is 18.2 Å². The van der Waals surface area contributed by atoms with Crippen molar-refractivity contribution in [3.63, 3.8) is 0 Å². The number of halogens is 1. The Morgan fingerprint density at radius 3 is 2.47 bits per heavy atom. The molecule has 1 N–H and O–H groups in total. The third-order valence-electron chi connectivity index (χ3n) is 2.71. The Bertz CT molecular complexity index is 790. The van der Waals surface area contributed by atoms with Gasteiger partial charge in [-0.15, -0.1) is 0 Å². The largest absolute Gasteiger partial charge is 0.506 e. The molecule has 3 nitrogen and oxygen atoms in total. The molecule has 1 heterocycles. The molecule has 0 radical (unpaired) electrons. The lowest BCUT2D eigenvalue weighted by Crippen LogP contribution is -1.99. The minimum atomic E-state index is -0.458. The Morgan fingerprint density at radius 2 is 1.71 bits per heavy atom. The zero-order valence-electron chi connectivity index (χ0n) is 8.61. The van der Waals surface area contributed by atoms with Gasteiger partial charge in [0.05, 0.1) is 5.39 Å². The molecule has 0 saturated carbocycles. The standard InChI is InChI=1S/C13H7ClO3/c14-11-10(15)6-5-8-7-3-1-2-4-9(7)13(16)17-12(8)11/h1-6,15H. The molecule has 0 aliphatic heterocycles. The van der Waals surface area contributed by atoms with Crippen LogP contribution < -0.4 is 5.63 Å². The topological polar surface area (TPSA) is 50.4 Å². The van der Waals surface area contributed by atoms with Crippen LogP contribution in [-0.4, -0.2) is 5.11 Å². The zero-order valence-corrected chi connectivity index (χ0v) is 9.36. The molecule has 3 rings (SSSR count). The Kier molecular flexibility index (Phi) is 2.09. The van der Waals surface area contributed by atoms with Gasteiger partial charge in [0.15, 0.2) is 5.58 Å². The number of phenols is 1. The molecule has 3 aromatic rings. The van der Waals surface area contributed by atoms with Crippen molar-refractivity contribution in [3.05, 3.63) is 51.8 Å². The summed E-state index contributed by atoms with van der Waals surface area (Å²) in [5.41, 5.74) is -0.240. The number of benzene rings is 2. The number of fused-ring (bicyclic) bond motifs is 3. The van der Waals surface area contributed by atoms with Crippen LogP contribution in [-0.2, 0) is 0 Å². The van der Waals surface area contributed by atoms with Crippen molar-refractivity contribution in [1.82, 2.24) is 0 Å². The first-order valence-corrected chi connectivity index (χ1v) is 5.39. The van der Waals surface area contributed by atoms with E-state index in [0.29, 0.717) is 10.8 Å². The molecule has 2 aromatic carbocycles. The van der Waals surface area contributed by atoms with E-state index in [-0.39, 0.29) is 16.4 Å². The molecule has 0 bridgehead atoms. The molecule has 0 spiro atoms. The van der Waals surface area contributed by atoms with Gasteiger partial charge in [0.25, 0.3) is 0 Å². The third kappa shape index (κ3) is 1.40. The van der Waals surface area contributed by atoms with Crippen molar-refractivity contribution in [2.24, 2.45) is 0 Å². The molecule has 84 valence electrons. The van der Waals surface area contributed by atoms with E-state index in [4.69, 9.17) is 16.0 Å². The van der Waals surface area contributed by atoms with Gasteiger partial charge in [0.2, 0.25) is 0 Å². The van der Waals surface area contributed by atoms with Crippen LogP contribution in [0.5, 0.6) is 5.75 Å². The molecule has 0 saturated heterocycles. The average Bonchev–Trinajstić information content (AvgIpc) is 2.35. The summed E-state index contributed by atoms with van der Waals surface area (Å²) >= 11 is 5.92. The first-order chi connectivity index (χ1) is 8.18. The van der Waals surface area contributed by atoms with Gasteiger partial charge in [-0.25, -0.2) is 4.79 Å². The van der Waals surface area contributed by atoms with Crippen molar-refractivity contribution in [1.29, 1.82) is 0 Å². The Morgan fingerprint density at radius 1 is 1.00 bits per heavy atom. The second kappa shape index (κ2) is 3.50. The molecule has 0 fully saturated rings. The van der Waals surface area contributed by atoms with Gasteiger partial charge in [0.1, 0.15) is 10.8 Å². The Balaban J connectivity index is 2.67. The van der Waals surface area contributed by atoms with Gasteiger partial charge in [-0.3, -0.25) is 0 Å². The number of aromatic hydroxyl groups is 1. The van der Waals surface area contributed by atoms with E-state index >= 15 is 0 Å². The molecule has 0 aliphatic rings. The molecule has 0 atom stereocenters. The highest BCUT2D eigenvalue weighted by atomic mass is 35.5. The molecular formula is C13H7ClO3. The molecular weight excluding hydrogens is 240 g/mol. The van der Waals surface area contributed by atoms with Crippen LogP contribution in [0.1, 0.15) is 0 Å². The average molecular weight is 247 g/mol. The maximum atomic E-state index is 11.7. The summed E-state index contributed by atoms with van der Waals surface area (Å²) in [7, 11) is 0. The smallest absolute Gasteiger partial charge is 0.344 e. The van der Waals surface area contributed by atoms with Gasteiger partial charge in [0, 0.05) is 5.39 Å². The molecule has 0 unspecified atom stereocenters. The highest BCUT2D eigenvalue weighted by Gasteiger charge is 2.11. The molecule has 17 heavy (non-hydrogen) atoms. The van der Waals surface area contributed by atoms with Crippen LogP contribution in [0, 0.1) is 0 Å². The fourth-order valence-electron chi connectivity index (χ4n) is 1.90. The summed E-state index contributed by atoms with van der Waals surface area (Å²) in [6.45, 7) is 0. The monoisotopic (exact) mass is 246 g/mol. The van der Waals surface area contributed by atoms with Gasteiger partial charge in [-0.2, -0.15) is 0 Å². The maximum Gasteiger partial charge on any atom is 0.344 e. The fraction of sp³-hybridized carbons (Fsp3) is 0. The van der Waals surface area contributed by atoms with Gasteiger partial charge in [-0.1, -0.05) is 29.8 Å². The Hall–Kier alpha value is -2.00. The molecule has 1 aromatic heterocycles. The third-order valence-corrected chi connectivity index (χ3v) is 3.07. The number of phenolic OH excluding ortho intramolecular Hbond substituents is 1. The van der Waals surface area contributed by atoms with Crippen molar-refractivity contribution in [2.45, 2.75) is 0 Å². The Labute approximate surface area is 101 Å². The van der Waals surface area contributed by atoms with Crippen LogP contribution in [0.15, 0.2) is 45.6 Å². The first-order valence-electron chi connectivity index (χ1n) is 5.01. The van der Waals surface area contributed by atoms with E-state index < -0.39 is 5.63 Å². The first kappa shape index (κ1) is 10.2. The minimum Gasteiger partial charge on any atom is -0.506 e. The van der Waals surface area contributed by atoms with Gasteiger partial charge < -0.3 is 9.52 Å². The van der Waals surface area contributed by atoms with Crippen molar-refractivity contribution >= 4 is 33.3 Å².